The number of amides is 1. The lowest BCUT2D eigenvalue weighted by molar-refractivity contribution is -0.384. The van der Waals surface area contributed by atoms with Crippen LogP contribution in [-0.4, -0.2) is 29.4 Å². The zero-order valence-corrected chi connectivity index (χ0v) is 20.3. The van der Waals surface area contributed by atoms with Gasteiger partial charge in [-0.2, -0.15) is 0 Å². The largest absolute Gasteiger partial charge is 0.456 e. The summed E-state index contributed by atoms with van der Waals surface area (Å²) in [6.07, 6.45) is 0. The number of benzene rings is 3. The van der Waals surface area contributed by atoms with Gasteiger partial charge in [-0.05, 0) is 62.7 Å². The van der Waals surface area contributed by atoms with Gasteiger partial charge in [0.2, 0.25) is 0 Å². The topological polar surface area (TPSA) is 112 Å². The van der Waals surface area contributed by atoms with Gasteiger partial charge in [-0.3, -0.25) is 14.9 Å². The van der Waals surface area contributed by atoms with Gasteiger partial charge in [-0.15, -0.1) is 0 Å². The molecule has 1 N–H and O–H groups in total. The molecule has 8 nitrogen and oxygen atoms in total. The maximum atomic E-state index is 16.2. The van der Waals surface area contributed by atoms with Crippen molar-refractivity contribution in [3.8, 4) is 22.5 Å². The highest BCUT2D eigenvalue weighted by atomic mass is 19.1. The Morgan fingerprint density at radius 2 is 1.70 bits per heavy atom. The fourth-order valence-corrected chi connectivity index (χ4v) is 3.91. The number of ether oxygens (including phenoxy) is 1. The Kier molecular flexibility index (Phi) is 6.51. The third-order valence-electron chi connectivity index (χ3n) is 5.44. The lowest BCUT2D eigenvalue weighted by atomic mass is 9.96. The number of hydrogen-bond donors (Lipinski definition) is 1. The first-order valence-electron chi connectivity index (χ1n) is 11.2. The quantitative estimate of drug-likeness (QED) is 0.193. The second-order valence-corrected chi connectivity index (χ2v) is 9.19. The Labute approximate surface area is 210 Å². The number of halogens is 2. The van der Waals surface area contributed by atoms with Crippen LogP contribution in [0, 0.1) is 21.7 Å². The van der Waals surface area contributed by atoms with Crippen LogP contribution in [0.4, 0.5) is 14.5 Å². The summed E-state index contributed by atoms with van der Waals surface area (Å²) in [5, 5.41) is 14.1. The maximum absolute atomic E-state index is 16.2. The van der Waals surface area contributed by atoms with Gasteiger partial charge in [0.05, 0.1) is 33.1 Å². The second-order valence-electron chi connectivity index (χ2n) is 9.19. The first-order valence-corrected chi connectivity index (χ1v) is 11.2. The van der Waals surface area contributed by atoms with Gasteiger partial charge < -0.3 is 14.5 Å². The average molecular weight is 508 g/mol. The number of nitrogens with zero attached hydrogens (tertiary/aromatic N) is 1. The van der Waals surface area contributed by atoms with E-state index in [0.717, 1.165) is 18.2 Å². The van der Waals surface area contributed by atoms with Gasteiger partial charge in [-0.1, -0.05) is 12.1 Å². The van der Waals surface area contributed by atoms with Crippen molar-refractivity contribution in [2.24, 2.45) is 0 Å². The van der Waals surface area contributed by atoms with Crippen LogP contribution in [0.3, 0.4) is 0 Å². The van der Waals surface area contributed by atoms with Gasteiger partial charge in [0.1, 0.15) is 28.6 Å². The van der Waals surface area contributed by atoms with Crippen molar-refractivity contribution in [1.82, 2.24) is 5.32 Å². The molecule has 0 spiro atoms. The Bertz CT molecular complexity index is 1550. The van der Waals surface area contributed by atoms with E-state index >= 15 is 4.39 Å². The van der Waals surface area contributed by atoms with Crippen molar-refractivity contribution < 1.29 is 32.4 Å². The molecule has 4 aromatic rings. The van der Waals surface area contributed by atoms with Crippen molar-refractivity contribution in [1.29, 1.82) is 0 Å². The first-order chi connectivity index (χ1) is 17.4. The maximum Gasteiger partial charge on any atom is 0.338 e. The van der Waals surface area contributed by atoms with Gasteiger partial charge in [0.15, 0.2) is 0 Å². The zero-order chi connectivity index (χ0) is 27.1. The number of esters is 1. The predicted molar refractivity (Wildman–Crippen MR) is 132 cm³/mol. The van der Waals surface area contributed by atoms with E-state index in [-0.39, 0.29) is 39.0 Å². The first kappa shape index (κ1) is 25.5. The number of nitro benzene ring substituents is 1. The summed E-state index contributed by atoms with van der Waals surface area (Å²) in [5.74, 6) is -3.09. The van der Waals surface area contributed by atoms with E-state index in [1.165, 1.54) is 43.4 Å². The van der Waals surface area contributed by atoms with Crippen LogP contribution in [-0.2, 0) is 4.74 Å². The van der Waals surface area contributed by atoms with Crippen LogP contribution >= 0.6 is 0 Å². The van der Waals surface area contributed by atoms with E-state index in [9.17, 15) is 24.1 Å². The molecule has 0 radical (unpaired) electrons. The summed E-state index contributed by atoms with van der Waals surface area (Å²) in [6.45, 7) is 5.06. The van der Waals surface area contributed by atoms with Crippen LogP contribution in [0.25, 0.3) is 33.4 Å². The number of nitro groups is 1. The highest BCUT2D eigenvalue weighted by Gasteiger charge is 2.31. The van der Waals surface area contributed by atoms with Crippen molar-refractivity contribution in [2.45, 2.75) is 26.4 Å². The molecule has 0 unspecified atom stereocenters. The van der Waals surface area contributed by atoms with Crippen LogP contribution in [0.15, 0.2) is 59.0 Å². The summed E-state index contributed by atoms with van der Waals surface area (Å²) in [7, 11) is 1.34. The molecule has 1 heterocycles. The Morgan fingerprint density at radius 1 is 1.03 bits per heavy atom. The Balaban J connectivity index is 2.01. The molecule has 0 saturated carbocycles. The smallest absolute Gasteiger partial charge is 0.338 e. The molecule has 37 heavy (non-hydrogen) atoms. The molecule has 0 aliphatic rings. The molecule has 4 rings (SSSR count). The van der Waals surface area contributed by atoms with E-state index in [2.05, 4.69) is 5.32 Å². The number of rotatable bonds is 5. The van der Waals surface area contributed by atoms with Gasteiger partial charge in [-0.25, -0.2) is 13.6 Å². The van der Waals surface area contributed by atoms with Gasteiger partial charge in [0.25, 0.3) is 11.6 Å². The number of fused-ring (bicyclic) bond motifs is 1. The summed E-state index contributed by atoms with van der Waals surface area (Å²) in [6, 6.07) is 11.6. The number of carbonyl (C=O) groups is 2. The fraction of sp³-hybridized carbons (Fsp3) is 0.185. The molecular weight excluding hydrogens is 486 g/mol. The molecule has 0 fully saturated rings. The van der Waals surface area contributed by atoms with E-state index in [1.54, 1.807) is 20.8 Å². The molecule has 1 amide bonds. The number of furan rings is 1. The minimum Gasteiger partial charge on any atom is -0.456 e. The summed E-state index contributed by atoms with van der Waals surface area (Å²) in [5.41, 5.74) is -1.94. The molecule has 0 aliphatic heterocycles. The van der Waals surface area contributed by atoms with E-state index < -0.39 is 45.3 Å². The predicted octanol–water partition coefficient (Wildman–Crippen LogP) is 6.27. The molecular formula is C27H22F2N2O6. The Morgan fingerprint density at radius 3 is 2.30 bits per heavy atom. The zero-order valence-electron chi connectivity index (χ0n) is 20.3. The highest BCUT2D eigenvalue weighted by molar-refractivity contribution is 6.13. The standard InChI is InChI=1S/C27H22F2N2O6/c1-27(2,3)37-26(33)16-7-5-6-15(12-16)20-18(31(34)35)13-19-21(23(20)29)22(25(32)30-4)24(36-19)14-8-10-17(28)11-9-14/h5-13H,1-4H3,(H,30,32). The van der Waals surface area contributed by atoms with Crippen LogP contribution in [0.5, 0.6) is 0 Å². The third-order valence-corrected chi connectivity index (χ3v) is 5.44. The second kappa shape index (κ2) is 9.45. The van der Waals surface area contributed by atoms with Crippen molar-refractivity contribution >= 4 is 28.5 Å². The molecule has 3 aromatic carbocycles. The SMILES string of the molecule is CNC(=O)c1c(-c2ccc(F)cc2)oc2cc([N+](=O)[O-])c(-c3cccc(C(=O)OC(C)(C)C)c3)c(F)c12. The van der Waals surface area contributed by atoms with E-state index in [0.29, 0.717) is 0 Å². The third kappa shape index (κ3) is 4.90. The molecule has 0 saturated heterocycles. The monoisotopic (exact) mass is 508 g/mol. The molecule has 1 aromatic heterocycles. The minimum absolute atomic E-state index is 0.0295. The summed E-state index contributed by atoms with van der Waals surface area (Å²) in [4.78, 5) is 36.6. The molecule has 190 valence electrons. The molecule has 10 heteroatoms. The summed E-state index contributed by atoms with van der Waals surface area (Å²) < 4.78 is 40.8. The number of hydrogen-bond acceptors (Lipinski definition) is 6. The normalized spacial score (nSPS) is 11.4. The fourth-order valence-electron chi connectivity index (χ4n) is 3.91. The van der Waals surface area contributed by atoms with Crippen molar-refractivity contribution in [3.63, 3.8) is 0 Å². The summed E-state index contributed by atoms with van der Waals surface area (Å²) >= 11 is 0. The lowest BCUT2D eigenvalue weighted by Gasteiger charge is -2.19. The lowest BCUT2D eigenvalue weighted by Crippen LogP contribution is -2.23. The Hall–Kier alpha value is -4.60. The molecule has 0 atom stereocenters. The van der Waals surface area contributed by atoms with Crippen molar-refractivity contribution in [3.05, 3.63) is 87.5 Å². The van der Waals surface area contributed by atoms with E-state index in [1.807, 2.05) is 0 Å². The highest BCUT2D eigenvalue weighted by Crippen LogP contribution is 2.43. The number of nitrogens with one attached hydrogen (secondary N) is 1. The van der Waals surface area contributed by atoms with Crippen molar-refractivity contribution in [2.75, 3.05) is 7.05 Å². The average Bonchev–Trinajstić information content (AvgIpc) is 3.23. The number of carbonyl (C=O) groups excluding carboxylic acids is 2. The van der Waals surface area contributed by atoms with Crippen LogP contribution in [0.2, 0.25) is 0 Å². The molecule has 0 bridgehead atoms. The molecule has 0 aliphatic carbocycles. The van der Waals surface area contributed by atoms with Crippen LogP contribution < -0.4 is 5.32 Å². The van der Waals surface area contributed by atoms with E-state index in [4.69, 9.17) is 9.15 Å². The van der Waals surface area contributed by atoms with Crippen LogP contribution in [0.1, 0.15) is 41.5 Å². The minimum atomic E-state index is -1.08. The van der Waals surface area contributed by atoms with Gasteiger partial charge >= 0.3 is 5.97 Å². The van der Waals surface area contributed by atoms with Gasteiger partial charge in [0, 0.05) is 12.6 Å².